The van der Waals surface area contributed by atoms with Gasteiger partial charge in [0.15, 0.2) is 0 Å². The fraction of sp³-hybridized carbons (Fsp3) is 0.100. The number of fused-ring (bicyclic) bond motifs is 1. The van der Waals surface area contributed by atoms with Crippen molar-refractivity contribution in [2.45, 2.75) is 0 Å². The van der Waals surface area contributed by atoms with Gasteiger partial charge in [0.25, 0.3) is 0 Å². The molecule has 1 heterocycles. The van der Waals surface area contributed by atoms with Gasteiger partial charge in [0, 0.05) is 11.6 Å². The third-order valence-corrected chi connectivity index (χ3v) is 2.14. The average molecular weight is 191 g/mol. The molecule has 0 saturated carbocycles. The van der Waals surface area contributed by atoms with Crippen molar-refractivity contribution >= 4 is 16.9 Å². The summed E-state index contributed by atoms with van der Waals surface area (Å²) in [6.45, 7) is 0. The third-order valence-electron chi connectivity index (χ3n) is 2.14. The number of ether oxygens (including phenoxy) is 1. The van der Waals surface area contributed by atoms with Crippen LogP contribution in [-0.2, 0) is 0 Å². The summed E-state index contributed by atoms with van der Waals surface area (Å²) in [4.78, 5) is 13.8. The fourth-order valence-electron chi connectivity index (χ4n) is 1.49. The molecule has 1 aromatic heterocycles. The van der Waals surface area contributed by atoms with E-state index in [-0.39, 0.29) is 5.56 Å². The first-order valence-electron chi connectivity index (χ1n) is 4.11. The molecule has 0 radical (unpaired) electrons. The Bertz CT molecular complexity index is 487. The molecule has 1 aromatic carbocycles. The minimum Gasteiger partial charge on any atom is -0.495 e. The Morgan fingerprint density at radius 3 is 2.86 bits per heavy atom. The maximum absolute atomic E-state index is 10.9. The lowest BCUT2D eigenvalue weighted by molar-refractivity contribution is 0.0699. The van der Waals surface area contributed by atoms with E-state index in [0.717, 1.165) is 0 Å². The molecule has 4 heteroatoms. The molecule has 0 spiro atoms. The van der Waals surface area contributed by atoms with Gasteiger partial charge in [-0.25, -0.2) is 4.79 Å². The number of carboxylic acids is 1. The van der Waals surface area contributed by atoms with Crippen LogP contribution in [-0.4, -0.2) is 23.2 Å². The normalized spacial score (nSPS) is 10.4. The fourth-order valence-corrected chi connectivity index (χ4v) is 1.49. The summed E-state index contributed by atoms with van der Waals surface area (Å²) in [5.74, 6) is -0.285. The molecule has 0 atom stereocenters. The Hall–Kier alpha value is -1.97. The molecular formula is C10H9NO3. The van der Waals surface area contributed by atoms with Gasteiger partial charge in [-0.2, -0.15) is 0 Å². The summed E-state index contributed by atoms with van der Waals surface area (Å²) >= 11 is 0. The van der Waals surface area contributed by atoms with E-state index in [1.807, 2.05) is 0 Å². The molecular weight excluding hydrogens is 182 g/mol. The molecule has 0 aliphatic carbocycles. The number of nitrogens with one attached hydrogen (secondary N) is 1. The predicted molar refractivity (Wildman–Crippen MR) is 51.8 cm³/mol. The predicted octanol–water partition coefficient (Wildman–Crippen LogP) is 1.87. The quantitative estimate of drug-likeness (QED) is 0.761. The highest BCUT2D eigenvalue weighted by Crippen LogP contribution is 2.26. The molecule has 72 valence electrons. The van der Waals surface area contributed by atoms with Gasteiger partial charge in [0.05, 0.1) is 18.2 Å². The summed E-state index contributed by atoms with van der Waals surface area (Å²) in [7, 11) is 1.55. The van der Waals surface area contributed by atoms with Gasteiger partial charge < -0.3 is 14.8 Å². The van der Waals surface area contributed by atoms with Crippen LogP contribution in [0.4, 0.5) is 0 Å². The molecule has 0 saturated heterocycles. The zero-order chi connectivity index (χ0) is 10.1. The topological polar surface area (TPSA) is 62.3 Å². The van der Waals surface area contributed by atoms with Crippen molar-refractivity contribution in [2.75, 3.05) is 7.11 Å². The lowest BCUT2D eigenvalue weighted by Gasteiger charge is -2.03. The number of benzene rings is 1. The Kier molecular flexibility index (Phi) is 1.89. The number of methoxy groups -OCH3 is 1. The second kappa shape index (κ2) is 3.06. The van der Waals surface area contributed by atoms with Crippen molar-refractivity contribution in [1.29, 1.82) is 0 Å². The first-order valence-corrected chi connectivity index (χ1v) is 4.11. The Morgan fingerprint density at radius 2 is 2.21 bits per heavy atom. The highest BCUT2D eigenvalue weighted by molar-refractivity contribution is 6.04. The second-order valence-corrected chi connectivity index (χ2v) is 2.89. The molecule has 2 N–H and O–H groups in total. The number of hydrogen-bond acceptors (Lipinski definition) is 2. The highest BCUT2D eigenvalue weighted by Gasteiger charge is 2.11. The molecule has 0 aliphatic heterocycles. The van der Waals surface area contributed by atoms with E-state index < -0.39 is 5.97 Å². The lowest BCUT2D eigenvalue weighted by Crippen LogP contribution is -1.97. The lowest BCUT2D eigenvalue weighted by atomic mass is 10.1. The van der Waals surface area contributed by atoms with Crippen LogP contribution in [0, 0.1) is 0 Å². The summed E-state index contributed by atoms with van der Waals surface area (Å²) in [5, 5.41) is 9.57. The van der Waals surface area contributed by atoms with E-state index in [9.17, 15) is 4.79 Å². The molecule has 2 rings (SSSR count). The van der Waals surface area contributed by atoms with Crippen molar-refractivity contribution < 1.29 is 14.6 Å². The molecule has 0 fully saturated rings. The van der Waals surface area contributed by atoms with E-state index in [2.05, 4.69) is 4.98 Å². The zero-order valence-electron chi connectivity index (χ0n) is 7.57. The first kappa shape index (κ1) is 8.62. The van der Waals surface area contributed by atoms with Crippen LogP contribution in [0.15, 0.2) is 24.4 Å². The van der Waals surface area contributed by atoms with Crippen molar-refractivity contribution in [3.05, 3.63) is 30.0 Å². The number of carboxylic acid groups (broad SMARTS) is 1. The van der Waals surface area contributed by atoms with Crippen LogP contribution in [0.5, 0.6) is 5.75 Å². The van der Waals surface area contributed by atoms with E-state index in [0.29, 0.717) is 16.7 Å². The minimum atomic E-state index is -0.933. The number of aromatic carboxylic acids is 1. The van der Waals surface area contributed by atoms with E-state index in [1.54, 1.807) is 25.4 Å². The highest BCUT2D eigenvalue weighted by atomic mass is 16.5. The summed E-state index contributed by atoms with van der Waals surface area (Å²) in [6, 6.07) is 4.90. The van der Waals surface area contributed by atoms with Gasteiger partial charge in [0.2, 0.25) is 0 Å². The van der Waals surface area contributed by atoms with Crippen LogP contribution in [0.1, 0.15) is 10.4 Å². The van der Waals surface area contributed by atoms with E-state index in [4.69, 9.17) is 9.84 Å². The maximum Gasteiger partial charge on any atom is 0.336 e. The number of hydrogen-bond donors (Lipinski definition) is 2. The van der Waals surface area contributed by atoms with Crippen LogP contribution in [0.25, 0.3) is 10.9 Å². The van der Waals surface area contributed by atoms with Crippen LogP contribution in [0.3, 0.4) is 0 Å². The molecule has 0 unspecified atom stereocenters. The monoisotopic (exact) mass is 191 g/mol. The van der Waals surface area contributed by atoms with Gasteiger partial charge in [0.1, 0.15) is 5.75 Å². The van der Waals surface area contributed by atoms with Crippen molar-refractivity contribution in [3.63, 3.8) is 0 Å². The summed E-state index contributed by atoms with van der Waals surface area (Å²) in [6.07, 6.45) is 1.69. The van der Waals surface area contributed by atoms with Gasteiger partial charge in [-0.1, -0.05) is 0 Å². The van der Waals surface area contributed by atoms with Gasteiger partial charge in [-0.05, 0) is 18.2 Å². The largest absolute Gasteiger partial charge is 0.495 e. The number of carbonyl (C=O) groups is 1. The number of H-pyrrole nitrogens is 1. The number of aromatic nitrogens is 1. The van der Waals surface area contributed by atoms with Crippen molar-refractivity contribution in [2.24, 2.45) is 0 Å². The van der Waals surface area contributed by atoms with E-state index in [1.165, 1.54) is 6.07 Å². The number of rotatable bonds is 2. The van der Waals surface area contributed by atoms with Gasteiger partial charge >= 0.3 is 5.97 Å². The van der Waals surface area contributed by atoms with Crippen molar-refractivity contribution in [3.8, 4) is 5.75 Å². The Morgan fingerprint density at radius 1 is 1.43 bits per heavy atom. The molecule has 0 aliphatic rings. The first-order chi connectivity index (χ1) is 6.74. The smallest absolute Gasteiger partial charge is 0.336 e. The summed E-state index contributed by atoms with van der Waals surface area (Å²) in [5.41, 5.74) is 0.995. The standard InChI is InChI=1S/C10H9NO3/c1-14-8-3-2-7(10(12)13)6-4-5-11-9(6)8/h2-5,11H,1H3,(H,12,13). The SMILES string of the molecule is COc1ccc(C(=O)O)c2cc[nH]c12. The average Bonchev–Trinajstić information content (AvgIpc) is 2.64. The van der Waals surface area contributed by atoms with Crippen LogP contribution < -0.4 is 4.74 Å². The summed E-state index contributed by atoms with van der Waals surface area (Å²) < 4.78 is 5.10. The van der Waals surface area contributed by atoms with Crippen LogP contribution >= 0.6 is 0 Å². The van der Waals surface area contributed by atoms with Crippen molar-refractivity contribution in [1.82, 2.24) is 4.98 Å². The zero-order valence-corrected chi connectivity index (χ0v) is 7.57. The van der Waals surface area contributed by atoms with Gasteiger partial charge in [-0.3, -0.25) is 0 Å². The molecule has 0 amide bonds. The number of aromatic amines is 1. The third kappa shape index (κ3) is 1.12. The Balaban J connectivity index is 2.78. The maximum atomic E-state index is 10.9. The molecule has 14 heavy (non-hydrogen) atoms. The second-order valence-electron chi connectivity index (χ2n) is 2.89. The minimum absolute atomic E-state index is 0.280. The molecule has 4 nitrogen and oxygen atoms in total. The molecule has 2 aromatic rings. The van der Waals surface area contributed by atoms with E-state index >= 15 is 0 Å². The Labute approximate surface area is 80.1 Å². The van der Waals surface area contributed by atoms with Crippen LogP contribution in [0.2, 0.25) is 0 Å². The molecule has 0 bridgehead atoms. The van der Waals surface area contributed by atoms with Gasteiger partial charge in [-0.15, -0.1) is 0 Å².